The molecule has 39 heavy (non-hydrogen) atoms. The second-order valence-corrected chi connectivity index (χ2v) is 9.84. The Morgan fingerprint density at radius 1 is 1.21 bits per heavy atom. The zero-order valence-electron chi connectivity index (χ0n) is 20.7. The topological polar surface area (TPSA) is 148 Å². The van der Waals surface area contributed by atoms with E-state index in [-0.39, 0.29) is 17.7 Å². The summed E-state index contributed by atoms with van der Waals surface area (Å²) >= 11 is 6.23. The third kappa shape index (κ3) is 4.79. The largest absolute Gasteiger partial charge is 0.382 e. The predicted molar refractivity (Wildman–Crippen MR) is 148 cm³/mol. The van der Waals surface area contributed by atoms with Gasteiger partial charge in [-0.1, -0.05) is 29.8 Å². The van der Waals surface area contributed by atoms with E-state index in [1.54, 1.807) is 47.4 Å². The lowest BCUT2D eigenvalue weighted by molar-refractivity contribution is -0.135. The maximum absolute atomic E-state index is 13.7. The van der Waals surface area contributed by atoms with Gasteiger partial charge in [0.15, 0.2) is 5.82 Å². The second kappa shape index (κ2) is 10.2. The number of carbonyl (C=O) groups is 2. The Balaban J connectivity index is 1.29. The first-order valence-electron chi connectivity index (χ1n) is 12.4. The van der Waals surface area contributed by atoms with Gasteiger partial charge in [-0.3, -0.25) is 14.7 Å². The van der Waals surface area contributed by atoms with Crippen LogP contribution in [-0.4, -0.2) is 59.7 Å². The van der Waals surface area contributed by atoms with Gasteiger partial charge in [-0.2, -0.15) is 9.78 Å². The normalized spacial score (nSPS) is 18.8. The standard InChI is InChI=1S/C27H24ClN9O2/c28-18-6-9-23(37-15-30-34-35-37)17(13-18)5-10-24(38)36-12-11-16-3-1-2-4-20(16)25(36)27(39)31-19-7-8-21-22(14-19)32-33-26(21)29/h1-2,4-10,13-16,25H,3,11-12H2,(H,31,39)(H3,29,32,33)/t16?,25-/m0/s1. The van der Waals surface area contributed by atoms with Gasteiger partial charge in [-0.25, -0.2) is 0 Å². The average Bonchev–Trinajstić information content (AvgIpc) is 3.61. The van der Waals surface area contributed by atoms with Crippen LogP contribution in [0.4, 0.5) is 11.5 Å². The molecule has 4 N–H and O–H groups in total. The number of amides is 2. The molecular weight excluding hydrogens is 518 g/mol. The minimum atomic E-state index is -0.758. The molecular formula is C27H24ClN9O2. The average molecular weight is 542 g/mol. The number of allylic oxidation sites excluding steroid dienone is 3. The summed E-state index contributed by atoms with van der Waals surface area (Å²) in [6, 6.07) is 9.81. The van der Waals surface area contributed by atoms with Crippen molar-refractivity contribution in [3.05, 3.63) is 83.2 Å². The smallest absolute Gasteiger partial charge is 0.251 e. The summed E-state index contributed by atoms with van der Waals surface area (Å²) in [5.74, 6) is 0.0205. The number of benzene rings is 2. The van der Waals surface area contributed by atoms with Crippen molar-refractivity contribution in [3.8, 4) is 5.69 Å². The van der Waals surface area contributed by atoms with Crippen molar-refractivity contribution in [2.45, 2.75) is 18.9 Å². The monoisotopic (exact) mass is 541 g/mol. The number of hydrogen-bond acceptors (Lipinski definition) is 7. The van der Waals surface area contributed by atoms with E-state index in [2.05, 4.69) is 37.1 Å². The van der Waals surface area contributed by atoms with Gasteiger partial charge in [0.05, 0.1) is 11.2 Å². The van der Waals surface area contributed by atoms with Crippen molar-refractivity contribution in [2.24, 2.45) is 5.92 Å². The Morgan fingerprint density at radius 3 is 2.95 bits per heavy atom. The number of aromatic amines is 1. The van der Waals surface area contributed by atoms with Crippen LogP contribution in [0.3, 0.4) is 0 Å². The number of piperidine rings is 1. The number of nitrogens with zero attached hydrogens (tertiary/aromatic N) is 6. The van der Waals surface area contributed by atoms with Gasteiger partial charge in [0.1, 0.15) is 12.4 Å². The summed E-state index contributed by atoms with van der Waals surface area (Å²) in [4.78, 5) is 28.9. The molecule has 2 aromatic heterocycles. The number of nitrogens with two attached hydrogens (primary N) is 1. The van der Waals surface area contributed by atoms with E-state index in [0.717, 1.165) is 23.8 Å². The number of tetrazole rings is 1. The van der Waals surface area contributed by atoms with E-state index in [1.807, 2.05) is 12.2 Å². The molecule has 4 aromatic rings. The molecule has 2 amide bonds. The van der Waals surface area contributed by atoms with Crippen molar-refractivity contribution in [1.29, 1.82) is 0 Å². The highest BCUT2D eigenvalue weighted by molar-refractivity contribution is 6.30. The van der Waals surface area contributed by atoms with Crippen molar-refractivity contribution < 1.29 is 9.59 Å². The van der Waals surface area contributed by atoms with Gasteiger partial charge in [-0.15, -0.1) is 5.10 Å². The third-order valence-electron chi connectivity index (χ3n) is 7.04. The van der Waals surface area contributed by atoms with Crippen LogP contribution in [0.2, 0.25) is 5.02 Å². The Morgan fingerprint density at radius 2 is 2.10 bits per heavy atom. The molecule has 2 atom stereocenters. The van der Waals surface area contributed by atoms with Gasteiger partial charge in [0.2, 0.25) is 5.91 Å². The van der Waals surface area contributed by atoms with Crippen LogP contribution in [0, 0.1) is 5.92 Å². The molecule has 2 aliphatic rings. The first-order valence-corrected chi connectivity index (χ1v) is 12.8. The highest BCUT2D eigenvalue weighted by atomic mass is 35.5. The first kappa shape index (κ1) is 24.6. The molecule has 0 saturated carbocycles. The van der Waals surface area contributed by atoms with Crippen LogP contribution >= 0.6 is 11.6 Å². The van der Waals surface area contributed by atoms with Crippen molar-refractivity contribution in [2.75, 3.05) is 17.6 Å². The van der Waals surface area contributed by atoms with Crippen LogP contribution in [-0.2, 0) is 9.59 Å². The van der Waals surface area contributed by atoms with E-state index in [0.29, 0.717) is 39.8 Å². The summed E-state index contributed by atoms with van der Waals surface area (Å²) in [6.07, 6.45) is 12.2. The molecule has 1 aliphatic heterocycles. The van der Waals surface area contributed by atoms with E-state index >= 15 is 0 Å². The lowest BCUT2D eigenvalue weighted by Gasteiger charge is -2.41. The molecule has 0 bridgehead atoms. The van der Waals surface area contributed by atoms with Gasteiger partial charge in [0.25, 0.3) is 5.91 Å². The number of H-pyrrole nitrogens is 1. The number of nitrogen functional groups attached to an aromatic ring is 1. The molecule has 0 spiro atoms. The van der Waals surface area contributed by atoms with Crippen molar-refractivity contribution >= 4 is 51.9 Å². The number of likely N-dealkylation sites (tertiary alicyclic amines) is 1. The minimum absolute atomic E-state index is 0.202. The summed E-state index contributed by atoms with van der Waals surface area (Å²) in [5.41, 5.74) is 9.41. The molecule has 12 heteroatoms. The number of hydrogen-bond donors (Lipinski definition) is 3. The fraction of sp³-hybridized carbons (Fsp3) is 0.185. The summed E-state index contributed by atoms with van der Waals surface area (Å²) in [7, 11) is 0. The van der Waals surface area contributed by atoms with Crippen molar-refractivity contribution in [1.82, 2.24) is 35.3 Å². The Kier molecular flexibility index (Phi) is 6.41. The number of nitrogens with one attached hydrogen (secondary N) is 2. The van der Waals surface area contributed by atoms with Gasteiger partial charge >= 0.3 is 0 Å². The van der Waals surface area contributed by atoms with Crippen LogP contribution in [0.5, 0.6) is 0 Å². The van der Waals surface area contributed by atoms with E-state index in [1.165, 1.54) is 17.1 Å². The number of anilines is 2. The molecule has 1 aliphatic carbocycles. The number of carbonyl (C=O) groups excluding carboxylic acids is 2. The van der Waals surface area contributed by atoms with Gasteiger partial charge in [-0.05, 0) is 77.2 Å². The van der Waals surface area contributed by atoms with Gasteiger partial charge in [0, 0.05) is 34.3 Å². The fourth-order valence-electron chi connectivity index (χ4n) is 5.15. The summed E-state index contributed by atoms with van der Waals surface area (Å²) < 4.78 is 1.49. The predicted octanol–water partition coefficient (Wildman–Crippen LogP) is 3.53. The molecule has 1 saturated heterocycles. The summed E-state index contributed by atoms with van der Waals surface area (Å²) in [5, 5.41) is 22.4. The quantitative estimate of drug-likeness (QED) is 0.327. The first-order chi connectivity index (χ1) is 19.0. The molecule has 196 valence electrons. The Labute approximate surface area is 228 Å². The van der Waals surface area contributed by atoms with Crippen molar-refractivity contribution in [3.63, 3.8) is 0 Å². The fourth-order valence-corrected chi connectivity index (χ4v) is 5.33. The second-order valence-electron chi connectivity index (χ2n) is 9.40. The Hall–Kier alpha value is -4.77. The highest BCUT2D eigenvalue weighted by Crippen LogP contribution is 2.35. The maximum atomic E-state index is 13.7. The number of aromatic nitrogens is 6. The zero-order chi connectivity index (χ0) is 26.9. The molecule has 1 unspecified atom stereocenters. The maximum Gasteiger partial charge on any atom is 0.251 e. The molecule has 11 nitrogen and oxygen atoms in total. The molecule has 0 radical (unpaired) electrons. The molecule has 2 aromatic carbocycles. The van der Waals surface area contributed by atoms with Crippen LogP contribution in [0.15, 0.2) is 72.6 Å². The molecule has 6 rings (SSSR count). The van der Waals surface area contributed by atoms with Crippen LogP contribution in [0.1, 0.15) is 18.4 Å². The molecule has 3 heterocycles. The van der Waals surface area contributed by atoms with Crippen LogP contribution in [0.25, 0.3) is 22.7 Å². The van der Waals surface area contributed by atoms with E-state index in [9.17, 15) is 9.59 Å². The van der Waals surface area contributed by atoms with E-state index in [4.69, 9.17) is 17.3 Å². The Bertz CT molecular complexity index is 1650. The lowest BCUT2D eigenvalue weighted by atomic mass is 9.80. The minimum Gasteiger partial charge on any atom is -0.382 e. The number of fused-ring (bicyclic) bond motifs is 2. The zero-order valence-corrected chi connectivity index (χ0v) is 21.4. The molecule has 1 fully saturated rings. The third-order valence-corrected chi connectivity index (χ3v) is 7.28. The van der Waals surface area contributed by atoms with Crippen LogP contribution < -0.4 is 11.1 Å². The lowest BCUT2D eigenvalue weighted by Crippen LogP contribution is -2.53. The van der Waals surface area contributed by atoms with Gasteiger partial charge < -0.3 is 16.0 Å². The number of halogens is 1. The SMILES string of the molecule is Nc1n[nH]c2cc(NC(=O)[C@@H]3C4=CC=CCC4CCN3C(=O)C=Cc3cc(Cl)ccc3-n3cnnn3)ccc12. The highest BCUT2D eigenvalue weighted by Gasteiger charge is 2.39. The number of rotatable bonds is 5. The summed E-state index contributed by atoms with van der Waals surface area (Å²) in [6.45, 7) is 0.447. The van der Waals surface area contributed by atoms with E-state index < -0.39 is 6.04 Å².